The molecule has 2 unspecified atom stereocenters. The number of benzene rings is 1. The van der Waals surface area contributed by atoms with Crippen LogP contribution in [0.2, 0.25) is 0 Å². The van der Waals surface area contributed by atoms with Crippen LogP contribution in [0.3, 0.4) is 0 Å². The summed E-state index contributed by atoms with van der Waals surface area (Å²) in [5.41, 5.74) is 8.80. The average molecular weight is 289 g/mol. The first kappa shape index (κ1) is 14.0. The van der Waals surface area contributed by atoms with E-state index in [1.54, 1.807) is 6.07 Å². The molecule has 0 aliphatic heterocycles. The second-order valence-electron chi connectivity index (χ2n) is 6.39. The summed E-state index contributed by atoms with van der Waals surface area (Å²) in [5, 5.41) is 3.59. The molecule has 114 valence electrons. The van der Waals surface area contributed by atoms with Gasteiger partial charge in [0.25, 0.3) is 0 Å². The molecule has 2 aromatic rings. The first-order valence-electron chi connectivity index (χ1n) is 7.73. The second kappa shape index (κ2) is 5.47. The number of aromatic amines is 1. The van der Waals surface area contributed by atoms with E-state index in [1.807, 2.05) is 6.07 Å². The summed E-state index contributed by atoms with van der Waals surface area (Å²) in [6.45, 7) is 4.57. The zero-order valence-electron chi connectivity index (χ0n) is 12.6. The highest BCUT2D eigenvalue weighted by Gasteiger charge is 2.27. The van der Waals surface area contributed by atoms with Crippen LogP contribution in [-0.4, -0.2) is 11.0 Å². The van der Waals surface area contributed by atoms with Gasteiger partial charge >= 0.3 is 5.76 Å². The molecule has 1 aliphatic rings. The SMILES string of the molecule is CC(C)C1CCCCC1Nc1cc2[nH]c(=O)oc2cc1N. The molecule has 1 heterocycles. The van der Waals surface area contributed by atoms with Crippen molar-refractivity contribution in [3.05, 3.63) is 22.7 Å². The summed E-state index contributed by atoms with van der Waals surface area (Å²) in [5.74, 6) is 0.873. The van der Waals surface area contributed by atoms with Gasteiger partial charge in [-0.15, -0.1) is 0 Å². The zero-order chi connectivity index (χ0) is 15.0. The van der Waals surface area contributed by atoms with Crippen molar-refractivity contribution in [1.29, 1.82) is 0 Å². The Balaban J connectivity index is 1.89. The van der Waals surface area contributed by atoms with Crippen molar-refractivity contribution in [2.45, 2.75) is 45.6 Å². The molecule has 1 aromatic carbocycles. The van der Waals surface area contributed by atoms with Crippen LogP contribution in [0.5, 0.6) is 0 Å². The highest BCUT2D eigenvalue weighted by molar-refractivity contribution is 5.85. The Kier molecular flexibility index (Phi) is 3.66. The average Bonchev–Trinajstić information content (AvgIpc) is 2.78. The third-order valence-electron chi connectivity index (χ3n) is 4.61. The highest BCUT2D eigenvalue weighted by Crippen LogP contribution is 2.34. The summed E-state index contributed by atoms with van der Waals surface area (Å²) < 4.78 is 5.03. The van der Waals surface area contributed by atoms with Crippen LogP contribution >= 0.6 is 0 Å². The van der Waals surface area contributed by atoms with Gasteiger partial charge in [0, 0.05) is 12.1 Å². The number of oxazole rings is 1. The Morgan fingerprint density at radius 2 is 2.10 bits per heavy atom. The van der Waals surface area contributed by atoms with E-state index in [0.29, 0.717) is 34.7 Å². The maximum Gasteiger partial charge on any atom is 0.417 e. The molecule has 3 rings (SSSR count). The summed E-state index contributed by atoms with van der Waals surface area (Å²) in [7, 11) is 0. The highest BCUT2D eigenvalue weighted by atomic mass is 16.4. The van der Waals surface area contributed by atoms with E-state index in [-0.39, 0.29) is 0 Å². The minimum atomic E-state index is -0.445. The van der Waals surface area contributed by atoms with E-state index in [2.05, 4.69) is 24.1 Å². The minimum absolute atomic E-state index is 0.442. The van der Waals surface area contributed by atoms with Gasteiger partial charge in [-0.1, -0.05) is 26.7 Å². The number of hydrogen-bond donors (Lipinski definition) is 3. The molecular weight excluding hydrogens is 266 g/mol. The van der Waals surface area contributed by atoms with Gasteiger partial charge in [0.05, 0.1) is 16.9 Å². The molecule has 1 fully saturated rings. The van der Waals surface area contributed by atoms with Crippen molar-refractivity contribution in [3.8, 4) is 0 Å². The van der Waals surface area contributed by atoms with Crippen LogP contribution < -0.4 is 16.8 Å². The molecule has 0 bridgehead atoms. The fourth-order valence-corrected chi connectivity index (χ4v) is 3.47. The van der Waals surface area contributed by atoms with Gasteiger partial charge in [0.2, 0.25) is 0 Å². The number of nitrogens with two attached hydrogens (primary N) is 1. The number of nitrogen functional groups attached to an aromatic ring is 1. The zero-order valence-corrected chi connectivity index (χ0v) is 12.6. The van der Waals surface area contributed by atoms with Gasteiger partial charge in [-0.25, -0.2) is 4.79 Å². The molecule has 1 aromatic heterocycles. The Hall–Kier alpha value is -1.91. The van der Waals surface area contributed by atoms with Crippen molar-refractivity contribution < 1.29 is 4.42 Å². The lowest BCUT2D eigenvalue weighted by Crippen LogP contribution is -2.35. The number of H-pyrrole nitrogens is 1. The van der Waals surface area contributed by atoms with E-state index in [9.17, 15) is 4.79 Å². The van der Waals surface area contributed by atoms with Crippen LogP contribution in [0, 0.1) is 11.8 Å². The summed E-state index contributed by atoms with van der Waals surface area (Å²) >= 11 is 0. The maximum atomic E-state index is 11.3. The van der Waals surface area contributed by atoms with Crippen molar-refractivity contribution in [1.82, 2.24) is 4.98 Å². The van der Waals surface area contributed by atoms with Crippen LogP contribution in [0.15, 0.2) is 21.3 Å². The van der Waals surface area contributed by atoms with Gasteiger partial charge in [0.15, 0.2) is 5.58 Å². The molecule has 0 amide bonds. The van der Waals surface area contributed by atoms with E-state index in [0.717, 1.165) is 5.69 Å². The first-order chi connectivity index (χ1) is 10.0. The van der Waals surface area contributed by atoms with Crippen LogP contribution in [-0.2, 0) is 0 Å². The molecule has 4 N–H and O–H groups in total. The lowest BCUT2D eigenvalue weighted by Gasteiger charge is -2.35. The maximum absolute atomic E-state index is 11.3. The lowest BCUT2D eigenvalue weighted by molar-refractivity contribution is 0.254. The number of anilines is 2. The Labute approximate surface area is 123 Å². The van der Waals surface area contributed by atoms with Crippen molar-refractivity contribution in [2.24, 2.45) is 11.8 Å². The minimum Gasteiger partial charge on any atom is -0.408 e. The van der Waals surface area contributed by atoms with Crippen LogP contribution in [0.25, 0.3) is 11.1 Å². The standard InChI is InChI=1S/C16H23N3O2/c1-9(2)10-5-3-4-6-12(10)18-13-8-14-15(7-11(13)17)21-16(20)19-14/h7-10,12,18H,3-6,17H2,1-2H3,(H,19,20). The Morgan fingerprint density at radius 3 is 2.86 bits per heavy atom. The Morgan fingerprint density at radius 1 is 1.33 bits per heavy atom. The first-order valence-corrected chi connectivity index (χ1v) is 7.73. The largest absolute Gasteiger partial charge is 0.417 e. The van der Waals surface area contributed by atoms with Gasteiger partial charge < -0.3 is 15.5 Å². The van der Waals surface area contributed by atoms with Crippen LogP contribution in [0.4, 0.5) is 11.4 Å². The molecule has 1 saturated carbocycles. The second-order valence-corrected chi connectivity index (χ2v) is 6.39. The molecule has 1 aliphatic carbocycles. The van der Waals surface area contributed by atoms with Crippen molar-refractivity contribution in [3.63, 3.8) is 0 Å². The van der Waals surface area contributed by atoms with E-state index in [4.69, 9.17) is 10.2 Å². The molecule has 5 heteroatoms. The predicted molar refractivity (Wildman–Crippen MR) is 85.5 cm³/mol. The summed E-state index contributed by atoms with van der Waals surface area (Å²) in [4.78, 5) is 13.9. The molecule has 0 radical (unpaired) electrons. The smallest absolute Gasteiger partial charge is 0.408 e. The van der Waals surface area contributed by atoms with Crippen molar-refractivity contribution >= 4 is 22.5 Å². The number of fused-ring (bicyclic) bond motifs is 1. The fourth-order valence-electron chi connectivity index (χ4n) is 3.47. The van der Waals surface area contributed by atoms with Gasteiger partial charge in [-0.3, -0.25) is 4.98 Å². The van der Waals surface area contributed by atoms with Crippen LogP contribution in [0.1, 0.15) is 39.5 Å². The van der Waals surface area contributed by atoms with Gasteiger partial charge in [-0.2, -0.15) is 0 Å². The molecular formula is C16H23N3O2. The lowest BCUT2D eigenvalue weighted by atomic mass is 9.77. The number of hydrogen-bond acceptors (Lipinski definition) is 4. The van der Waals surface area contributed by atoms with Crippen molar-refractivity contribution in [2.75, 3.05) is 11.1 Å². The predicted octanol–water partition coefficient (Wildman–Crippen LogP) is 3.33. The molecule has 21 heavy (non-hydrogen) atoms. The third kappa shape index (κ3) is 2.77. The summed E-state index contributed by atoms with van der Waals surface area (Å²) in [6, 6.07) is 4.03. The number of aromatic nitrogens is 1. The van der Waals surface area contributed by atoms with E-state index < -0.39 is 5.76 Å². The quantitative estimate of drug-likeness (QED) is 0.757. The molecule has 0 saturated heterocycles. The van der Waals surface area contributed by atoms with E-state index in [1.165, 1.54) is 25.7 Å². The third-order valence-corrected chi connectivity index (χ3v) is 4.61. The molecule has 5 nitrogen and oxygen atoms in total. The number of nitrogens with one attached hydrogen (secondary N) is 2. The monoisotopic (exact) mass is 289 g/mol. The normalized spacial score (nSPS) is 22.8. The van der Waals surface area contributed by atoms with E-state index >= 15 is 0 Å². The Bertz CT molecular complexity index is 686. The topological polar surface area (TPSA) is 84.0 Å². The molecule has 0 spiro atoms. The fraction of sp³-hybridized carbons (Fsp3) is 0.562. The molecule has 2 atom stereocenters. The van der Waals surface area contributed by atoms with Gasteiger partial charge in [-0.05, 0) is 30.7 Å². The summed E-state index contributed by atoms with van der Waals surface area (Å²) in [6.07, 6.45) is 5.00. The number of rotatable bonds is 3. The van der Waals surface area contributed by atoms with Gasteiger partial charge in [0.1, 0.15) is 0 Å².